The minimum atomic E-state index is -0.0745. The molecule has 2 rings (SSSR count). The Morgan fingerprint density at radius 1 is 1.12 bits per heavy atom. The smallest absolute Gasteiger partial charge is 0.0543 e. The molecule has 0 saturated heterocycles. The van der Waals surface area contributed by atoms with Crippen LogP contribution in [0.25, 0.3) is 0 Å². The number of rotatable bonds is 2. The molecule has 1 aliphatic carbocycles. The van der Waals surface area contributed by atoms with Crippen molar-refractivity contribution in [3.63, 3.8) is 0 Å². The van der Waals surface area contributed by atoms with Crippen LogP contribution in [0, 0.1) is 0 Å². The van der Waals surface area contributed by atoms with Crippen LogP contribution in [0.3, 0.4) is 0 Å². The molecule has 0 amide bonds. The molecule has 1 heteroatoms. The highest BCUT2D eigenvalue weighted by molar-refractivity contribution is 5.22. The highest BCUT2D eigenvalue weighted by Gasteiger charge is 2.08. The second-order valence-corrected chi connectivity index (χ2v) is 4.65. The van der Waals surface area contributed by atoms with Gasteiger partial charge in [0.2, 0.25) is 0 Å². The molecule has 0 saturated carbocycles. The molecule has 1 aliphatic rings. The molecule has 0 aliphatic heterocycles. The lowest BCUT2D eigenvalue weighted by molar-refractivity contribution is 0.151. The summed E-state index contributed by atoms with van der Waals surface area (Å²) in [6.07, 6.45) is 8.53. The molecule has 86 valence electrons. The van der Waals surface area contributed by atoms with E-state index in [1.807, 2.05) is 0 Å². The Labute approximate surface area is 97.8 Å². The van der Waals surface area contributed by atoms with E-state index in [0.29, 0.717) is 0 Å². The van der Waals surface area contributed by atoms with Crippen LogP contribution in [0.5, 0.6) is 0 Å². The van der Waals surface area contributed by atoms with E-state index in [1.54, 1.807) is 0 Å². The number of aliphatic hydroxyl groups excluding tert-OH is 1. The maximum Gasteiger partial charge on any atom is 0.0543 e. The van der Waals surface area contributed by atoms with Crippen molar-refractivity contribution < 1.29 is 5.11 Å². The van der Waals surface area contributed by atoms with E-state index in [1.165, 1.54) is 11.1 Å². The van der Waals surface area contributed by atoms with Crippen molar-refractivity contribution in [1.29, 1.82) is 0 Å². The first kappa shape index (κ1) is 11.4. The first-order valence-corrected chi connectivity index (χ1v) is 6.24. The maximum atomic E-state index is 9.56. The molecule has 1 aromatic carbocycles. The molecule has 0 fully saturated rings. The van der Waals surface area contributed by atoms with Crippen molar-refractivity contribution >= 4 is 0 Å². The fraction of sp³-hybridized carbons (Fsp3) is 0.467. The molecule has 0 bridgehead atoms. The van der Waals surface area contributed by atoms with Crippen molar-refractivity contribution in [2.75, 3.05) is 0 Å². The Morgan fingerprint density at radius 3 is 2.75 bits per heavy atom. The van der Waals surface area contributed by atoms with Crippen molar-refractivity contribution in [2.24, 2.45) is 0 Å². The minimum Gasteiger partial charge on any atom is -0.393 e. The molecule has 0 spiro atoms. The summed E-state index contributed by atoms with van der Waals surface area (Å²) in [4.78, 5) is 0. The van der Waals surface area contributed by atoms with Crippen molar-refractivity contribution in [3.8, 4) is 0 Å². The van der Waals surface area contributed by atoms with Crippen LogP contribution in [-0.4, -0.2) is 11.2 Å². The van der Waals surface area contributed by atoms with Crippen LogP contribution in [0.4, 0.5) is 0 Å². The topological polar surface area (TPSA) is 20.2 Å². The van der Waals surface area contributed by atoms with Gasteiger partial charge in [-0.1, -0.05) is 42.0 Å². The van der Waals surface area contributed by atoms with Crippen molar-refractivity contribution in [2.45, 2.75) is 44.6 Å². The van der Waals surface area contributed by atoms with Crippen LogP contribution in [0.1, 0.15) is 37.7 Å². The summed E-state index contributed by atoms with van der Waals surface area (Å²) in [5.74, 6) is 0. The molecule has 1 aromatic rings. The molecule has 1 atom stereocenters. The SMILES string of the molecule is OC1CC/C=C(/Cc2ccccc2)CCC1. The fourth-order valence-corrected chi connectivity index (χ4v) is 2.31. The Kier molecular flexibility index (Phi) is 4.17. The third-order valence-corrected chi connectivity index (χ3v) is 3.24. The molecule has 0 heterocycles. The van der Waals surface area contributed by atoms with E-state index in [9.17, 15) is 5.11 Å². The number of allylic oxidation sites excluding steroid dienone is 2. The van der Waals surface area contributed by atoms with Gasteiger partial charge in [0.25, 0.3) is 0 Å². The second kappa shape index (κ2) is 5.86. The normalized spacial score (nSPS) is 25.3. The zero-order valence-electron chi connectivity index (χ0n) is 9.73. The lowest BCUT2D eigenvalue weighted by atomic mass is 9.94. The summed E-state index contributed by atoms with van der Waals surface area (Å²) >= 11 is 0. The quantitative estimate of drug-likeness (QED) is 0.750. The van der Waals surface area contributed by atoms with Crippen LogP contribution in [0.2, 0.25) is 0 Å². The highest BCUT2D eigenvalue weighted by Crippen LogP contribution is 2.20. The van der Waals surface area contributed by atoms with Gasteiger partial charge in [-0.05, 0) is 44.1 Å². The minimum absolute atomic E-state index is 0.0745. The molecular weight excluding hydrogens is 196 g/mol. The highest BCUT2D eigenvalue weighted by atomic mass is 16.3. The molecular formula is C15H20O. The zero-order chi connectivity index (χ0) is 11.2. The lowest BCUT2D eigenvalue weighted by Gasteiger charge is -2.15. The summed E-state index contributed by atoms with van der Waals surface area (Å²) in [5, 5.41) is 9.56. The lowest BCUT2D eigenvalue weighted by Crippen LogP contribution is -2.08. The zero-order valence-corrected chi connectivity index (χ0v) is 9.73. The average Bonchev–Trinajstić information content (AvgIpc) is 2.27. The largest absolute Gasteiger partial charge is 0.393 e. The van der Waals surface area contributed by atoms with Gasteiger partial charge in [-0.2, -0.15) is 0 Å². The van der Waals surface area contributed by atoms with E-state index < -0.39 is 0 Å². The average molecular weight is 216 g/mol. The van der Waals surface area contributed by atoms with Gasteiger partial charge in [0.1, 0.15) is 0 Å². The third kappa shape index (κ3) is 3.49. The molecule has 1 unspecified atom stereocenters. The Hall–Kier alpha value is -1.08. The Balaban J connectivity index is 1.96. The van der Waals surface area contributed by atoms with Gasteiger partial charge < -0.3 is 5.11 Å². The van der Waals surface area contributed by atoms with Gasteiger partial charge in [-0.3, -0.25) is 0 Å². The first-order chi connectivity index (χ1) is 7.84. The predicted octanol–water partition coefficient (Wildman–Crippen LogP) is 3.48. The maximum absolute atomic E-state index is 9.56. The molecule has 0 aromatic heterocycles. The second-order valence-electron chi connectivity index (χ2n) is 4.65. The standard InChI is InChI=1S/C15H20O/c16-15-10-4-8-14(9-5-11-15)12-13-6-2-1-3-7-13/h1-3,6-8,15-16H,4-5,9-12H2/b14-8+. The van der Waals surface area contributed by atoms with Gasteiger partial charge >= 0.3 is 0 Å². The number of hydrogen-bond acceptors (Lipinski definition) is 1. The van der Waals surface area contributed by atoms with Gasteiger partial charge in [-0.25, -0.2) is 0 Å². The summed E-state index contributed by atoms with van der Waals surface area (Å²) in [6, 6.07) is 10.6. The van der Waals surface area contributed by atoms with E-state index in [4.69, 9.17) is 0 Å². The Morgan fingerprint density at radius 2 is 1.94 bits per heavy atom. The summed E-state index contributed by atoms with van der Waals surface area (Å²) in [7, 11) is 0. The molecule has 16 heavy (non-hydrogen) atoms. The summed E-state index contributed by atoms with van der Waals surface area (Å²) in [6.45, 7) is 0. The summed E-state index contributed by atoms with van der Waals surface area (Å²) < 4.78 is 0. The van der Waals surface area contributed by atoms with E-state index in [0.717, 1.165) is 38.5 Å². The predicted molar refractivity (Wildman–Crippen MR) is 67.3 cm³/mol. The van der Waals surface area contributed by atoms with E-state index >= 15 is 0 Å². The van der Waals surface area contributed by atoms with Crippen LogP contribution >= 0.6 is 0 Å². The van der Waals surface area contributed by atoms with E-state index in [2.05, 4.69) is 36.4 Å². The number of aliphatic hydroxyl groups is 1. The molecule has 1 nitrogen and oxygen atoms in total. The van der Waals surface area contributed by atoms with Crippen LogP contribution in [0.15, 0.2) is 42.0 Å². The van der Waals surface area contributed by atoms with Gasteiger partial charge in [0.15, 0.2) is 0 Å². The van der Waals surface area contributed by atoms with Crippen LogP contribution < -0.4 is 0 Å². The van der Waals surface area contributed by atoms with Gasteiger partial charge in [0.05, 0.1) is 6.10 Å². The first-order valence-electron chi connectivity index (χ1n) is 6.24. The summed E-state index contributed by atoms with van der Waals surface area (Å²) in [5.41, 5.74) is 2.94. The molecule has 0 radical (unpaired) electrons. The van der Waals surface area contributed by atoms with Gasteiger partial charge in [-0.15, -0.1) is 0 Å². The molecule has 1 N–H and O–H groups in total. The van der Waals surface area contributed by atoms with E-state index in [-0.39, 0.29) is 6.10 Å². The monoisotopic (exact) mass is 216 g/mol. The van der Waals surface area contributed by atoms with Crippen LogP contribution in [-0.2, 0) is 6.42 Å². The third-order valence-electron chi connectivity index (χ3n) is 3.24. The van der Waals surface area contributed by atoms with Crippen molar-refractivity contribution in [1.82, 2.24) is 0 Å². The Bertz CT molecular complexity index is 340. The number of hydrogen-bond donors (Lipinski definition) is 1. The van der Waals surface area contributed by atoms with Gasteiger partial charge in [0, 0.05) is 0 Å². The number of benzene rings is 1. The van der Waals surface area contributed by atoms with Crippen molar-refractivity contribution in [3.05, 3.63) is 47.5 Å². The fourth-order valence-electron chi connectivity index (χ4n) is 2.31.